The van der Waals surface area contributed by atoms with Gasteiger partial charge in [-0.05, 0) is 50.8 Å². The smallest absolute Gasteiger partial charge is 0.386 e. The lowest BCUT2D eigenvalue weighted by Gasteiger charge is -2.23. The van der Waals surface area contributed by atoms with Gasteiger partial charge in [0.05, 0.1) is 11.2 Å². The highest BCUT2D eigenvalue weighted by Gasteiger charge is 2.35. The van der Waals surface area contributed by atoms with Gasteiger partial charge in [-0.15, -0.1) is 0 Å². The number of aromatic nitrogens is 1. The van der Waals surface area contributed by atoms with Crippen molar-refractivity contribution in [3.8, 4) is 11.3 Å². The largest absolute Gasteiger partial charge is 0.416 e. The first kappa shape index (κ1) is 23.3. The minimum absolute atomic E-state index is 0.0569. The van der Waals surface area contributed by atoms with Crippen molar-refractivity contribution in [2.75, 3.05) is 6.54 Å². The highest BCUT2D eigenvalue weighted by molar-refractivity contribution is 5.62. The summed E-state index contributed by atoms with van der Waals surface area (Å²) in [5.41, 5.74) is 4.36. The van der Waals surface area contributed by atoms with E-state index in [4.69, 9.17) is 5.73 Å². The summed E-state index contributed by atoms with van der Waals surface area (Å²) in [6.45, 7) is 7.25. The van der Waals surface area contributed by atoms with E-state index in [9.17, 15) is 18.3 Å². The lowest BCUT2D eigenvalue weighted by molar-refractivity contribution is -0.137. The minimum Gasteiger partial charge on any atom is -0.386 e. The summed E-state index contributed by atoms with van der Waals surface area (Å²) >= 11 is 0. The van der Waals surface area contributed by atoms with E-state index in [1.807, 2.05) is 13.8 Å². The number of pyridine rings is 1. The Labute approximate surface area is 169 Å². The van der Waals surface area contributed by atoms with Crippen molar-refractivity contribution in [1.29, 1.82) is 0 Å². The number of benzene rings is 1. The molecule has 1 fully saturated rings. The SMILES string of the molecule is CC.CC(C)(O)c1cc(C(CN)C2CC2)nc(-c2ccc(C(F)(F)F)cc2)c1F. The van der Waals surface area contributed by atoms with Gasteiger partial charge in [-0.2, -0.15) is 13.2 Å². The molecule has 1 unspecified atom stereocenters. The molecule has 7 heteroatoms. The maximum absolute atomic E-state index is 15.1. The van der Waals surface area contributed by atoms with Crippen molar-refractivity contribution in [2.45, 2.75) is 58.2 Å². The van der Waals surface area contributed by atoms with E-state index in [2.05, 4.69) is 4.98 Å². The topological polar surface area (TPSA) is 59.1 Å². The van der Waals surface area contributed by atoms with Gasteiger partial charge < -0.3 is 10.8 Å². The molecule has 1 saturated carbocycles. The molecule has 0 aliphatic heterocycles. The Hall–Kier alpha value is -1.99. The summed E-state index contributed by atoms with van der Waals surface area (Å²) in [6.07, 6.45) is -2.45. The summed E-state index contributed by atoms with van der Waals surface area (Å²) in [7, 11) is 0. The third-order valence-corrected chi connectivity index (χ3v) is 4.95. The van der Waals surface area contributed by atoms with Crippen molar-refractivity contribution in [3.05, 3.63) is 53.0 Å². The van der Waals surface area contributed by atoms with Gasteiger partial charge in [0, 0.05) is 29.3 Å². The molecule has 0 radical (unpaired) electrons. The van der Waals surface area contributed by atoms with Crippen LogP contribution >= 0.6 is 0 Å². The van der Waals surface area contributed by atoms with Gasteiger partial charge in [-0.1, -0.05) is 26.0 Å². The van der Waals surface area contributed by atoms with Crippen molar-refractivity contribution < 1.29 is 22.7 Å². The summed E-state index contributed by atoms with van der Waals surface area (Å²) in [5, 5.41) is 10.4. The Morgan fingerprint density at radius 2 is 1.69 bits per heavy atom. The number of nitrogens with two attached hydrogens (primary N) is 1. The summed E-state index contributed by atoms with van der Waals surface area (Å²) in [5.74, 6) is -0.444. The highest BCUT2D eigenvalue weighted by atomic mass is 19.4. The van der Waals surface area contributed by atoms with Crippen molar-refractivity contribution in [3.63, 3.8) is 0 Å². The van der Waals surface area contributed by atoms with Crippen LogP contribution < -0.4 is 5.73 Å². The second kappa shape index (κ2) is 8.79. The normalized spacial score (nSPS) is 15.5. The summed E-state index contributed by atoms with van der Waals surface area (Å²) < 4.78 is 53.5. The zero-order chi connectivity index (χ0) is 22.0. The minimum atomic E-state index is -4.47. The van der Waals surface area contributed by atoms with E-state index < -0.39 is 23.2 Å². The lowest BCUT2D eigenvalue weighted by Crippen LogP contribution is -2.22. The number of rotatable bonds is 5. The lowest BCUT2D eigenvalue weighted by atomic mass is 9.91. The fourth-order valence-corrected chi connectivity index (χ4v) is 3.25. The molecule has 29 heavy (non-hydrogen) atoms. The van der Waals surface area contributed by atoms with Gasteiger partial charge in [0.25, 0.3) is 0 Å². The van der Waals surface area contributed by atoms with Gasteiger partial charge in [0.15, 0.2) is 5.82 Å². The van der Waals surface area contributed by atoms with Gasteiger partial charge in [-0.25, -0.2) is 9.37 Å². The van der Waals surface area contributed by atoms with E-state index in [1.165, 1.54) is 32.0 Å². The van der Waals surface area contributed by atoms with Crippen LogP contribution in [0.3, 0.4) is 0 Å². The molecule has 1 aliphatic carbocycles. The zero-order valence-electron chi connectivity index (χ0n) is 17.1. The third-order valence-electron chi connectivity index (χ3n) is 4.95. The van der Waals surface area contributed by atoms with Crippen LogP contribution in [-0.2, 0) is 11.8 Å². The Morgan fingerprint density at radius 1 is 1.14 bits per heavy atom. The molecular weight excluding hydrogens is 384 g/mol. The van der Waals surface area contributed by atoms with Crippen LogP contribution in [-0.4, -0.2) is 16.6 Å². The van der Waals surface area contributed by atoms with Crippen molar-refractivity contribution in [1.82, 2.24) is 4.98 Å². The molecule has 0 saturated heterocycles. The van der Waals surface area contributed by atoms with E-state index in [0.717, 1.165) is 25.0 Å². The standard InChI is InChI=1S/C20H22F4N2O.C2H6/c1-19(2,27)15-9-16(14(10-25)11-3-4-11)26-18(17(15)21)12-5-7-13(8-6-12)20(22,23)24;1-2/h5-9,11,14,27H,3-4,10,25H2,1-2H3;1-2H3. The van der Waals surface area contributed by atoms with Gasteiger partial charge in [-0.3, -0.25) is 0 Å². The quantitative estimate of drug-likeness (QED) is 0.628. The van der Waals surface area contributed by atoms with Crippen LogP contribution in [0.1, 0.15) is 63.3 Å². The van der Waals surface area contributed by atoms with Crippen LogP contribution in [0.2, 0.25) is 0 Å². The molecule has 3 nitrogen and oxygen atoms in total. The molecule has 0 spiro atoms. The van der Waals surface area contributed by atoms with Crippen LogP contribution in [0.25, 0.3) is 11.3 Å². The number of nitrogens with zero attached hydrogens (tertiary/aromatic N) is 1. The molecule has 1 aromatic carbocycles. The summed E-state index contributed by atoms with van der Waals surface area (Å²) in [6, 6.07) is 5.71. The fourth-order valence-electron chi connectivity index (χ4n) is 3.25. The predicted octanol–water partition coefficient (Wildman–Crippen LogP) is 5.61. The molecular formula is C22H28F4N2O. The Kier molecular flexibility index (Phi) is 7.06. The third kappa shape index (κ3) is 5.34. The number of aliphatic hydroxyl groups is 1. The Morgan fingerprint density at radius 3 is 2.10 bits per heavy atom. The van der Waals surface area contributed by atoms with Gasteiger partial charge in [0.2, 0.25) is 0 Å². The monoisotopic (exact) mass is 412 g/mol. The van der Waals surface area contributed by atoms with Crippen molar-refractivity contribution in [2.24, 2.45) is 11.7 Å². The summed E-state index contributed by atoms with van der Waals surface area (Å²) in [4.78, 5) is 4.39. The molecule has 3 N–H and O–H groups in total. The fraction of sp³-hybridized carbons (Fsp3) is 0.500. The first-order valence-electron chi connectivity index (χ1n) is 9.83. The molecule has 1 atom stereocenters. The van der Waals surface area contributed by atoms with E-state index in [0.29, 0.717) is 18.2 Å². The van der Waals surface area contributed by atoms with Crippen LogP contribution in [0.5, 0.6) is 0 Å². The zero-order valence-corrected chi connectivity index (χ0v) is 17.1. The second-order valence-electron chi connectivity index (χ2n) is 7.57. The van der Waals surface area contributed by atoms with Gasteiger partial charge >= 0.3 is 6.18 Å². The molecule has 0 bridgehead atoms. The van der Waals surface area contributed by atoms with Gasteiger partial charge in [0.1, 0.15) is 5.69 Å². The van der Waals surface area contributed by atoms with E-state index in [1.54, 1.807) is 0 Å². The first-order valence-corrected chi connectivity index (χ1v) is 9.83. The molecule has 160 valence electrons. The molecule has 2 aromatic rings. The maximum atomic E-state index is 15.1. The van der Waals surface area contributed by atoms with Crippen molar-refractivity contribution >= 4 is 0 Å². The molecule has 1 heterocycles. The number of alkyl halides is 3. The Balaban J connectivity index is 0.00000145. The second-order valence-corrected chi connectivity index (χ2v) is 7.57. The number of halogens is 4. The molecule has 3 rings (SSSR count). The molecule has 0 amide bonds. The molecule has 1 aliphatic rings. The average molecular weight is 412 g/mol. The highest BCUT2D eigenvalue weighted by Crippen LogP contribution is 2.43. The van der Waals surface area contributed by atoms with E-state index in [-0.39, 0.29) is 22.7 Å². The van der Waals surface area contributed by atoms with Crippen LogP contribution in [0.4, 0.5) is 17.6 Å². The number of hydrogen-bond acceptors (Lipinski definition) is 3. The Bertz CT molecular complexity index is 822. The van der Waals surface area contributed by atoms with Crippen LogP contribution in [0.15, 0.2) is 30.3 Å². The number of hydrogen-bond donors (Lipinski definition) is 2. The van der Waals surface area contributed by atoms with E-state index >= 15 is 4.39 Å². The van der Waals surface area contributed by atoms with Crippen LogP contribution in [0, 0.1) is 11.7 Å². The average Bonchev–Trinajstić information content (AvgIpc) is 3.48. The maximum Gasteiger partial charge on any atom is 0.416 e. The first-order chi connectivity index (χ1) is 13.5. The molecule has 1 aromatic heterocycles. The predicted molar refractivity (Wildman–Crippen MR) is 106 cm³/mol.